The maximum atomic E-state index is 11.0. The SMILES string of the molecule is COC(=O)C(C)N(C)CCCO. The Bertz CT molecular complexity index is 138. The third kappa shape index (κ3) is 3.69. The Morgan fingerprint density at radius 3 is 2.67 bits per heavy atom. The van der Waals surface area contributed by atoms with Crippen molar-refractivity contribution in [1.29, 1.82) is 0 Å². The molecule has 4 heteroatoms. The second kappa shape index (κ2) is 5.97. The smallest absolute Gasteiger partial charge is 0.322 e. The van der Waals surface area contributed by atoms with Crippen molar-refractivity contribution in [2.75, 3.05) is 27.3 Å². The van der Waals surface area contributed by atoms with Crippen LogP contribution in [0.4, 0.5) is 0 Å². The second-order valence-electron chi connectivity index (χ2n) is 2.76. The van der Waals surface area contributed by atoms with Gasteiger partial charge in [-0.25, -0.2) is 0 Å². The summed E-state index contributed by atoms with van der Waals surface area (Å²) in [7, 11) is 3.20. The summed E-state index contributed by atoms with van der Waals surface area (Å²) in [5.41, 5.74) is 0. The van der Waals surface area contributed by atoms with Crippen molar-refractivity contribution in [3.63, 3.8) is 0 Å². The van der Waals surface area contributed by atoms with Crippen molar-refractivity contribution in [3.8, 4) is 0 Å². The zero-order valence-electron chi connectivity index (χ0n) is 7.91. The lowest BCUT2D eigenvalue weighted by atomic mass is 10.3. The highest BCUT2D eigenvalue weighted by Gasteiger charge is 2.17. The first-order valence-corrected chi connectivity index (χ1v) is 4.02. The van der Waals surface area contributed by atoms with Crippen LogP contribution >= 0.6 is 0 Å². The molecule has 0 fully saturated rings. The van der Waals surface area contributed by atoms with Gasteiger partial charge in [-0.1, -0.05) is 0 Å². The number of aliphatic hydroxyl groups is 1. The molecule has 12 heavy (non-hydrogen) atoms. The Morgan fingerprint density at radius 2 is 2.25 bits per heavy atom. The molecule has 0 spiro atoms. The van der Waals surface area contributed by atoms with Crippen molar-refractivity contribution in [3.05, 3.63) is 0 Å². The summed E-state index contributed by atoms with van der Waals surface area (Å²) in [6.45, 7) is 2.63. The monoisotopic (exact) mass is 175 g/mol. The number of carbonyl (C=O) groups excluding carboxylic acids is 1. The highest BCUT2D eigenvalue weighted by atomic mass is 16.5. The van der Waals surface area contributed by atoms with Gasteiger partial charge in [0.2, 0.25) is 0 Å². The van der Waals surface area contributed by atoms with E-state index in [0.29, 0.717) is 13.0 Å². The van der Waals surface area contributed by atoms with Crippen molar-refractivity contribution in [2.24, 2.45) is 0 Å². The van der Waals surface area contributed by atoms with Crippen LogP contribution in [0.25, 0.3) is 0 Å². The predicted octanol–water partition coefficient (Wildman–Crippen LogP) is -0.138. The van der Waals surface area contributed by atoms with Crippen LogP contribution in [0.5, 0.6) is 0 Å². The molecule has 4 nitrogen and oxygen atoms in total. The standard InChI is InChI=1S/C8H17NO3/c1-7(8(11)12-3)9(2)5-4-6-10/h7,10H,4-6H2,1-3H3. The number of nitrogens with zero attached hydrogens (tertiary/aromatic N) is 1. The van der Waals surface area contributed by atoms with Crippen molar-refractivity contribution in [2.45, 2.75) is 19.4 Å². The fraction of sp³-hybridized carbons (Fsp3) is 0.875. The van der Waals surface area contributed by atoms with Crippen LogP contribution in [0.15, 0.2) is 0 Å². The Morgan fingerprint density at radius 1 is 1.67 bits per heavy atom. The van der Waals surface area contributed by atoms with Gasteiger partial charge in [-0.2, -0.15) is 0 Å². The van der Waals surface area contributed by atoms with Gasteiger partial charge < -0.3 is 9.84 Å². The summed E-state index contributed by atoms with van der Waals surface area (Å²) in [5, 5.41) is 8.55. The molecule has 1 N–H and O–H groups in total. The summed E-state index contributed by atoms with van der Waals surface area (Å²) < 4.78 is 4.57. The van der Waals surface area contributed by atoms with Gasteiger partial charge >= 0.3 is 5.97 Å². The van der Waals surface area contributed by atoms with Gasteiger partial charge in [0, 0.05) is 13.2 Å². The molecule has 0 aliphatic heterocycles. The summed E-state index contributed by atoms with van der Waals surface area (Å²) in [6, 6.07) is -0.235. The molecule has 0 saturated carbocycles. The third-order valence-electron chi connectivity index (χ3n) is 1.87. The molecule has 0 radical (unpaired) electrons. The second-order valence-corrected chi connectivity index (χ2v) is 2.76. The Balaban J connectivity index is 3.75. The Kier molecular flexibility index (Phi) is 5.66. The number of aliphatic hydroxyl groups excluding tert-OH is 1. The van der Waals surface area contributed by atoms with E-state index in [1.807, 2.05) is 11.9 Å². The minimum absolute atomic E-state index is 0.151. The van der Waals surface area contributed by atoms with Crippen molar-refractivity contribution >= 4 is 5.97 Å². The molecular formula is C8H17NO3. The van der Waals surface area contributed by atoms with Gasteiger partial charge in [0.15, 0.2) is 0 Å². The van der Waals surface area contributed by atoms with Crippen LogP contribution < -0.4 is 0 Å². The van der Waals surface area contributed by atoms with E-state index in [-0.39, 0.29) is 18.6 Å². The molecule has 0 aromatic heterocycles. The minimum Gasteiger partial charge on any atom is -0.468 e. The first-order valence-electron chi connectivity index (χ1n) is 4.02. The molecule has 1 unspecified atom stereocenters. The summed E-state index contributed by atoms with van der Waals surface area (Å²) >= 11 is 0. The van der Waals surface area contributed by atoms with E-state index >= 15 is 0 Å². The Labute approximate surface area is 73.1 Å². The van der Waals surface area contributed by atoms with Gasteiger partial charge in [0.25, 0.3) is 0 Å². The molecule has 0 aliphatic rings. The lowest BCUT2D eigenvalue weighted by molar-refractivity contribution is -0.145. The highest BCUT2D eigenvalue weighted by molar-refractivity contribution is 5.75. The largest absolute Gasteiger partial charge is 0.468 e. The van der Waals surface area contributed by atoms with Crippen LogP contribution in [0, 0.1) is 0 Å². The van der Waals surface area contributed by atoms with Crippen LogP contribution in [-0.2, 0) is 9.53 Å². The van der Waals surface area contributed by atoms with E-state index in [1.54, 1.807) is 6.92 Å². The molecule has 0 bridgehead atoms. The van der Waals surface area contributed by atoms with Crippen LogP contribution in [0.1, 0.15) is 13.3 Å². The molecule has 0 amide bonds. The van der Waals surface area contributed by atoms with E-state index < -0.39 is 0 Å². The number of ether oxygens (including phenoxy) is 1. The molecule has 0 aliphatic carbocycles. The number of likely N-dealkylation sites (N-methyl/N-ethyl adjacent to an activating group) is 1. The van der Waals surface area contributed by atoms with Gasteiger partial charge in [-0.05, 0) is 20.4 Å². The van der Waals surface area contributed by atoms with Crippen LogP contribution in [-0.4, -0.2) is 49.3 Å². The van der Waals surface area contributed by atoms with Gasteiger partial charge in [-0.15, -0.1) is 0 Å². The maximum Gasteiger partial charge on any atom is 0.322 e. The molecule has 72 valence electrons. The zero-order chi connectivity index (χ0) is 9.56. The average molecular weight is 175 g/mol. The normalized spacial score (nSPS) is 13.1. The first kappa shape index (κ1) is 11.4. The van der Waals surface area contributed by atoms with Crippen LogP contribution in [0.2, 0.25) is 0 Å². The zero-order valence-corrected chi connectivity index (χ0v) is 7.91. The molecule has 0 rings (SSSR count). The quantitative estimate of drug-likeness (QED) is 0.591. The van der Waals surface area contributed by atoms with E-state index in [9.17, 15) is 4.79 Å². The van der Waals surface area contributed by atoms with E-state index in [1.165, 1.54) is 7.11 Å². The number of rotatable bonds is 5. The molecule has 0 saturated heterocycles. The number of hydrogen-bond donors (Lipinski definition) is 1. The lowest BCUT2D eigenvalue weighted by Crippen LogP contribution is -2.37. The van der Waals surface area contributed by atoms with Crippen molar-refractivity contribution < 1.29 is 14.6 Å². The molecular weight excluding hydrogens is 158 g/mol. The maximum absolute atomic E-state index is 11.0. The lowest BCUT2D eigenvalue weighted by Gasteiger charge is -2.21. The summed E-state index contributed by atoms with van der Waals surface area (Å²) in [4.78, 5) is 12.8. The Hall–Kier alpha value is -0.610. The summed E-state index contributed by atoms with van der Waals surface area (Å²) in [5.74, 6) is -0.240. The number of carbonyl (C=O) groups is 1. The topological polar surface area (TPSA) is 49.8 Å². The van der Waals surface area contributed by atoms with Gasteiger partial charge in [-0.3, -0.25) is 9.69 Å². The molecule has 0 aromatic rings. The fourth-order valence-corrected chi connectivity index (χ4v) is 0.864. The minimum atomic E-state index is -0.240. The van der Waals surface area contributed by atoms with Crippen LogP contribution in [0.3, 0.4) is 0 Å². The van der Waals surface area contributed by atoms with Crippen molar-refractivity contribution in [1.82, 2.24) is 4.90 Å². The molecule has 0 heterocycles. The number of methoxy groups -OCH3 is 1. The number of esters is 1. The summed E-state index contributed by atoms with van der Waals surface area (Å²) in [6.07, 6.45) is 0.678. The van der Waals surface area contributed by atoms with E-state index in [2.05, 4.69) is 4.74 Å². The highest BCUT2D eigenvalue weighted by Crippen LogP contribution is 1.98. The average Bonchev–Trinajstić information content (AvgIpc) is 2.11. The third-order valence-corrected chi connectivity index (χ3v) is 1.87. The first-order chi connectivity index (χ1) is 5.63. The molecule has 1 atom stereocenters. The molecule has 0 aromatic carbocycles. The number of hydrogen-bond acceptors (Lipinski definition) is 4. The predicted molar refractivity (Wildman–Crippen MR) is 45.8 cm³/mol. The fourth-order valence-electron chi connectivity index (χ4n) is 0.864. The van der Waals surface area contributed by atoms with E-state index in [0.717, 1.165) is 0 Å². The van der Waals surface area contributed by atoms with E-state index in [4.69, 9.17) is 5.11 Å². The van der Waals surface area contributed by atoms with Gasteiger partial charge in [0.05, 0.1) is 7.11 Å². The van der Waals surface area contributed by atoms with Gasteiger partial charge in [0.1, 0.15) is 6.04 Å².